The molecule has 2 aromatic rings. The van der Waals surface area contributed by atoms with Crippen LogP contribution in [0, 0.1) is 6.92 Å². The van der Waals surface area contributed by atoms with Crippen LogP contribution in [-0.4, -0.2) is 21.8 Å². The van der Waals surface area contributed by atoms with Gasteiger partial charge in [0, 0.05) is 11.1 Å². The molecule has 134 valence electrons. The van der Waals surface area contributed by atoms with Gasteiger partial charge in [-0.2, -0.15) is 0 Å². The van der Waals surface area contributed by atoms with Gasteiger partial charge in [-0.15, -0.1) is 0 Å². The summed E-state index contributed by atoms with van der Waals surface area (Å²) in [6.07, 6.45) is 0. The summed E-state index contributed by atoms with van der Waals surface area (Å²) >= 11 is 11.3. The van der Waals surface area contributed by atoms with Gasteiger partial charge in [-0.25, -0.2) is 10.2 Å². The zero-order chi connectivity index (χ0) is 18.6. The van der Waals surface area contributed by atoms with Crippen LogP contribution in [0.15, 0.2) is 28.8 Å². The second kappa shape index (κ2) is 7.71. The Balaban J connectivity index is 2.06. The van der Waals surface area contributed by atoms with Crippen molar-refractivity contribution in [3.05, 3.63) is 35.0 Å². The molecule has 0 atom stereocenters. The number of hydrogen-bond acceptors (Lipinski definition) is 4. The number of halogens is 1. The molecule has 0 saturated heterocycles. The van der Waals surface area contributed by atoms with Crippen LogP contribution in [0.2, 0.25) is 5.02 Å². The van der Waals surface area contributed by atoms with Crippen LogP contribution in [0.25, 0.3) is 11.3 Å². The molecule has 0 saturated carbocycles. The molecule has 0 aliphatic carbocycles. The number of benzene rings is 1. The fourth-order valence-corrected chi connectivity index (χ4v) is 2.57. The normalized spacial score (nSPS) is 10.9. The Morgan fingerprint density at radius 3 is 2.56 bits per heavy atom. The fourth-order valence-electron chi connectivity index (χ4n) is 1.99. The standard InChI is InChI=1S/C16H20ClN5O2S/c1-9-12(13(22-24-9)10-7-5-6-8-11(10)17)18-14(23)20-21-15(25)19-16(2,3)4/h5-8H,1-4H3,(H2,18,20,23)(H2,19,21,25). The molecule has 9 heteroatoms. The summed E-state index contributed by atoms with van der Waals surface area (Å²) in [6, 6.07) is 6.66. The van der Waals surface area contributed by atoms with Gasteiger partial charge >= 0.3 is 6.03 Å². The summed E-state index contributed by atoms with van der Waals surface area (Å²) in [7, 11) is 0. The molecule has 0 unspecified atom stereocenters. The van der Waals surface area contributed by atoms with Gasteiger partial charge in [-0.05, 0) is 46.0 Å². The van der Waals surface area contributed by atoms with Crippen LogP contribution in [0.4, 0.5) is 10.5 Å². The Morgan fingerprint density at radius 2 is 1.92 bits per heavy atom. The number of aryl methyl sites for hydroxylation is 1. The van der Waals surface area contributed by atoms with Crippen LogP contribution in [0.5, 0.6) is 0 Å². The van der Waals surface area contributed by atoms with Gasteiger partial charge < -0.3 is 15.2 Å². The van der Waals surface area contributed by atoms with E-state index in [-0.39, 0.29) is 5.54 Å². The van der Waals surface area contributed by atoms with Gasteiger partial charge in [0.1, 0.15) is 11.4 Å². The highest BCUT2D eigenvalue weighted by atomic mass is 35.5. The quantitative estimate of drug-likeness (QED) is 0.469. The third-order valence-electron chi connectivity index (χ3n) is 3.01. The highest BCUT2D eigenvalue weighted by Crippen LogP contribution is 2.34. The van der Waals surface area contributed by atoms with E-state index in [4.69, 9.17) is 28.3 Å². The lowest BCUT2D eigenvalue weighted by molar-refractivity contribution is 0.250. The number of anilines is 1. The molecule has 25 heavy (non-hydrogen) atoms. The Bertz CT molecular complexity index is 785. The van der Waals surface area contributed by atoms with Crippen LogP contribution in [-0.2, 0) is 0 Å². The Morgan fingerprint density at radius 1 is 1.24 bits per heavy atom. The minimum absolute atomic E-state index is 0.218. The number of aromatic nitrogens is 1. The summed E-state index contributed by atoms with van der Waals surface area (Å²) in [6.45, 7) is 7.56. The van der Waals surface area contributed by atoms with Crippen molar-refractivity contribution >= 4 is 40.6 Å². The molecule has 0 aliphatic rings. The van der Waals surface area contributed by atoms with Crippen molar-refractivity contribution in [2.75, 3.05) is 5.32 Å². The molecular weight excluding hydrogens is 362 g/mol. The first kappa shape index (κ1) is 19.0. The van der Waals surface area contributed by atoms with Gasteiger partial charge in [-0.3, -0.25) is 5.43 Å². The number of urea groups is 1. The van der Waals surface area contributed by atoms with Crippen LogP contribution in [0.1, 0.15) is 26.5 Å². The van der Waals surface area contributed by atoms with E-state index >= 15 is 0 Å². The number of hydrazine groups is 1. The van der Waals surface area contributed by atoms with E-state index in [1.165, 1.54) is 0 Å². The maximum Gasteiger partial charge on any atom is 0.338 e. The Hall–Kier alpha value is -2.32. The highest BCUT2D eigenvalue weighted by Gasteiger charge is 2.19. The minimum atomic E-state index is -0.516. The highest BCUT2D eigenvalue weighted by molar-refractivity contribution is 7.80. The summed E-state index contributed by atoms with van der Waals surface area (Å²) in [5.74, 6) is 0.459. The summed E-state index contributed by atoms with van der Waals surface area (Å²) < 4.78 is 5.19. The number of nitrogens with zero attached hydrogens (tertiary/aromatic N) is 1. The molecule has 0 fully saturated rings. The third kappa shape index (κ3) is 5.33. The topological polar surface area (TPSA) is 91.2 Å². The number of carbonyl (C=O) groups is 1. The van der Waals surface area contributed by atoms with Crippen molar-refractivity contribution in [1.82, 2.24) is 21.3 Å². The van der Waals surface area contributed by atoms with E-state index in [1.54, 1.807) is 19.1 Å². The van der Waals surface area contributed by atoms with Gasteiger partial charge in [0.2, 0.25) is 0 Å². The average Bonchev–Trinajstić information content (AvgIpc) is 2.85. The van der Waals surface area contributed by atoms with Gasteiger partial charge in [0.15, 0.2) is 10.9 Å². The zero-order valence-electron chi connectivity index (χ0n) is 14.4. The maximum absolute atomic E-state index is 12.1. The van der Waals surface area contributed by atoms with E-state index in [0.29, 0.717) is 32.8 Å². The molecule has 1 aromatic carbocycles. The number of amides is 2. The van der Waals surface area contributed by atoms with Crippen molar-refractivity contribution in [2.45, 2.75) is 33.2 Å². The average molecular weight is 382 g/mol. The smallest absolute Gasteiger partial charge is 0.338 e. The van der Waals surface area contributed by atoms with Gasteiger partial charge in [-0.1, -0.05) is 35.0 Å². The van der Waals surface area contributed by atoms with Gasteiger partial charge in [0.25, 0.3) is 0 Å². The fraction of sp³-hybridized carbons (Fsp3) is 0.312. The number of nitrogens with one attached hydrogen (secondary N) is 4. The van der Waals surface area contributed by atoms with Crippen LogP contribution < -0.4 is 21.5 Å². The molecule has 4 N–H and O–H groups in total. The minimum Gasteiger partial charge on any atom is -0.359 e. The number of rotatable bonds is 2. The Labute approximate surface area is 156 Å². The number of thiocarbonyl (C=S) groups is 1. The molecule has 1 aromatic heterocycles. The molecule has 0 bridgehead atoms. The van der Waals surface area contributed by atoms with Crippen molar-refractivity contribution < 1.29 is 9.32 Å². The number of carbonyl (C=O) groups excluding carboxylic acids is 1. The molecule has 0 aliphatic heterocycles. The molecular formula is C16H20ClN5O2S. The summed E-state index contributed by atoms with van der Waals surface area (Å²) in [5, 5.41) is 10.5. The first-order valence-electron chi connectivity index (χ1n) is 7.53. The van der Waals surface area contributed by atoms with Crippen molar-refractivity contribution in [2.24, 2.45) is 0 Å². The van der Waals surface area contributed by atoms with E-state index in [1.807, 2.05) is 32.9 Å². The lowest BCUT2D eigenvalue weighted by Crippen LogP contribution is -2.53. The van der Waals surface area contributed by atoms with Crippen LogP contribution >= 0.6 is 23.8 Å². The second-order valence-electron chi connectivity index (χ2n) is 6.35. The third-order valence-corrected chi connectivity index (χ3v) is 3.54. The molecule has 2 rings (SSSR count). The number of hydrogen-bond donors (Lipinski definition) is 4. The van der Waals surface area contributed by atoms with Gasteiger partial charge in [0.05, 0.1) is 5.02 Å². The molecule has 2 amide bonds. The lowest BCUT2D eigenvalue weighted by Gasteiger charge is -2.23. The SMILES string of the molecule is Cc1onc(-c2ccccc2Cl)c1NC(=O)NNC(=S)NC(C)(C)C. The summed E-state index contributed by atoms with van der Waals surface area (Å²) in [5.41, 5.74) is 6.41. The molecule has 0 radical (unpaired) electrons. The van der Waals surface area contributed by atoms with E-state index in [0.717, 1.165) is 0 Å². The zero-order valence-corrected chi connectivity index (χ0v) is 15.9. The largest absolute Gasteiger partial charge is 0.359 e. The molecule has 0 spiro atoms. The van der Waals surface area contributed by atoms with Crippen molar-refractivity contribution in [3.63, 3.8) is 0 Å². The van der Waals surface area contributed by atoms with Crippen molar-refractivity contribution in [1.29, 1.82) is 0 Å². The monoisotopic (exact) mass is 381 g/mol. The van der Waals surface area contributed by atoms with E-state index in [9.17, 15) is 4.79 Å². The van der Waals surface area contributed by atoms with Crippen LogP contribution in [0.3, 0.4) is 0 Å². The molecule has 1 heterocycles. The Kier molecular flexibility index (Phi) is 5.86. The second-order valence-corrected chi connectivity index (χ2v) is 7.17. The summed E-state index contributed by atoms with van der Waals surface area (Å²) in [4.78, 5) is 12.1. The predicted molar refractivity (Wildman–Crippen MR) is 102 cm³/mol. The molecule has 7 nitrogen and oxygen atoms in total. The van der Waals surface area contributed by atoms with E-state index < -0.39 is 6.03 Å². The lowest BCUT2D eigenvalue weighted by atomic mass is 10.1. The first-order chi connectivity index (χ1) is 11.7. The van der Waals surface area contributed by atoms with E-state index in [2.05, 4.69) is 26.6 Å². The predicted octanol–water partition coefficient (Wildman–Crippen LogP) is 3.60. The van der Waals surface area contributed by atoms with Crippen molar-refractivity contribution in [3.8, 4) is 11.3 Å². The maximum atomic E-state index is 12.1. The first-order valence-corrected chi connectivity index (χ1v) is 8.32.